The Balaban J connectivity index is 2.27. The van der Waals surface area contributed by atoms with Gasteiger partial charge in [0.2, 0.25) is 5.75 Å². The third-order valence-corrected chi connectivity index (χ3v) is 4.51. The number of hydrogen-bond acceptors (Lipinski definition) is 6. The van der Waals surface area contributed by atoms with Crippen LogP contribution in [0.1, 0.15) is 11.1 Å². The molecule has 0 heterocycles. The van der Waals surface area contributed by atoms with E-state index in [2.05, 4.69) is 16.5 Å². The second kappa shape index (κ2) is 8.26. The van der Waals surface area contributed by atoms with Crippen molar-refractivity contribution in [1.82, 2.24) is 4.83 Å². The van der Waals surface area contributed by atoms with Crippen molar-refractivity contribution >= 4 is 21.9 Å². The summed E-state index contributed by atoms with van der Waals surface area (Å²) in [6.07, 6.45) is 2.59. The van der Waals surface area contributed by atoms with Crippen LogP contribution >= 0.6 is 0 Å². The summed E-state index contributed by atoms with van der Waals surface area (Å²) in [6, 6.07) is 10.5. The normalized spacial score (nSPS) is 11.3. The molecule has 0 unspecified atom stereocenters. The van der Waals surface area contributed by atoms with Crippen LogP contribution in [0.15, 0.2) is 65.1 Å². The van der Waals surface area contributed by atoms with Gasteiger partial charge in [0.05, 0.1) is 16.0 Å². The maximum atomic E-state index is 12.2. The number of nitro benzene ring substituents is 1. The van der Waals surface area contributed by atoms with E-state index >= 15 is 0 Å². The molecule has 2 rings (SSSR count). The van der Waals surface area contributed by atoms with Crippen LogP contribution in [0.4, 0.5) is 5.69 Å². The van der Waals surface area contributed by atoms with Crippen LogP contribution in [0.5, 0.6) is 5.75 Å². The van der Waals surface area contributed by atoms with E-state index in [1.54, 1.807) is 12.1 Å². The molecule has 136 valence electrons. The van der Waals surface area contributed by atoms with Crippen LogP contribution in [0.3, 0.4) is 0 Å². The number of aryl methyl sites for hydroxylation is 1. The van der Waals surface area contributed by atoms with E-state index < -0.39 is 14.9 Å². The standard InChI is InChI=1S/C17H17N3O5S/c1-3-11-25-17-14(5-4-6-16(17)20(21)22)12-18-19-26(23,24)15-9-7-13(2)8-10-15/h3-10,12,19H,1,11H2,2H3. The number of hydrazone groups is 1. The number of benzene rings is 2. The highest BCUT2D eigenvalue weighted by Gasteiger charge is 2.18. The molecule has 0 amide bonds. The Bertz CT molecular complexity index is 937. The molecule has 0 aliphatic carbocycles. The van der Waals surface area contributed by atoms with Gasteiger partial charge in [-0.05, 0) is 25.1 Å². The lowest BCUT2D eigenvalue weighted by molar-refractivity contribution is -0.385. The summed E-state index contributed by atoms with van der Waals surface area (Å²) in [5.74, 6) is -0.0179. The monoisotopic (exact) mass is 375 g/mol. The van der Waals surface area contributed by atoms with E-state index in [4.69, 9.17) is 4.74 Å². The lowest BCUT2D eigenvalue weighted by atomic mass is 10.2. The topological polar surface area (TPSA) is 111 Å². The molecule has 0 saturated carbocycles. The molecular weight excluding hydrogens is 358 g/mol. The third kappa shape index (κ3) is 4.67. The van der Waals surface area contributed by atoms with Crippen molar-refractivity contribution < 1.29 is 18.1 Å². The van der Waals surface area contributed by atoms with Crippen molar-refractivity contribution in [2.45, 2.75) is 11.8 Å². The van der Waals surface area contributed by atoms with Gasteiger partial charge in [-0.25, -0.2) is 4.83 Å². The summed E-state index contributed by atoms with van der Waals surface area (Å²) in [7, 11) is -3.84. The Morgan fingerprint density at radius 1 is 1.27 bits per heavy atom. The Kier molecular flexibility index (Phi) is 6.07. The minimum Gasteiger partial charge on any atom is -0.482 e. The smallest absolute Gasteiger partial charge is 0.311 e. The molecular formula is C17H17N3O5S. The van der Waals surface area contributed by atoms with Crippen molar-refractivity contribution in [3.63, 3.8) is 0 Å². The van der Waals surface area contributed by atoms with Crippen LogP contribution in [0.2, 0.25) is 0 Å². The zero-order chi connectivity index (χ0) is 19.2. The van der Waals surface area contributed by atoms with E-state index in [1.807, 2.05) is 6.92 Å². The minimum absolute atomic E-state index is 0.0179. The van der Waals surface area contributed by atoms with Gasteiger partial charge in [0.15, 0.2) is 0 Å². The number of nitrogens with one attached hydrogen (secondary N) is 1. The van der Waals surface area contributed by atoms with Crippen molar-refractivity contribution in [3.8, 4) is 5.75 Å². The van der Waals surface area contributed by atoms with Crippen molar-refractivity contribution in [3.05, 3.63) is 76.4 Å². The van der Waals surface area contributed by atoms with E-state index in [0.717, 1.165) is 11.8 Å². The average Bonchev–Trinajstić information content (AvgIpc) is 2.60. The van der Waals surface area contributed by atoms with Crippen LogP contribution < -0.4 is 9.57 Å². The average molecular weight is 375 g/mol. The van der Waals surface area contributed by atoms with Crippen LogP contribution in [-0.4, -0.2) is 26.2 Å². The highest BCUT2D eigenvalue weighted by atomic mass is 32.2. The molecule has 8 nitrogen and oxygen atoms in total. The molecule has 0 aliphatic rings. The molecule has 9 heteroatoms. The SMILES string of the molecule is C=CCOc1c(C=NNS(=O)(=O)c2ccc(C)cc2)cccc1[N+](=O)[O-]. The Morgan fingerprint density at radius 3 is 2.58 bits per heavy atom. The van der Waals surface area contributed by atoms with Gasteiger partial charge in [0.1, 0.15) is 6.61 Å². The van der Waals surface area contributed by atoms with Crippen molar-refractivity contribution in [2.24, 2.45) is 5.10 Å². The summed E-state index contributed by atoms with van der Waals surface area (Å²) < 4.78 is 29.7. The van der Waals surface area contributed by atoms with Crippen LogP contribution in [0, 0.1) is 17.0 Å². The molecule has 1 N–H and O–H groups in total. The maximum Gasteiger partial charge on any atom is 0.311 e. The predicted molar refractivity (Wildman–Crippen MR) is 97.9 cm³/mol. The number of rotatable bonds is 8. The van der Waals surface area contributed by atoms with Crippen molar-refractivity contribution in [2.75, 3.05) is 6.61 Å². The molecule has 26 heavy (non-hydrogen) atoms. The Labute approximate surface area is 151 Å². The highest BCUT2D eigenvalue weighted by Crippen LogP contribution is 2.29. The van der Waals surface area contributed by atoms with E-state index in [1.165, 1.54) is 36.4 Å². The molecule has 0 atom stereocenters. The number of nitro groups is 1. The van der Waals surface area contributed by atoms with Gasteiger partial charge in [-0.15, -0.1) is 0 Å². The van der Waals surface area contributed by atoms with Gasteiger partial charge >= 0.3 is 5.69 Å². The molecule has 0 spiro atoms. The molecule has 0 radical (unpaired) electrons. The van der Waals surface area contributed by atoms with Gasteiger partial charge < -0.3 is 4.74 Å². The third-order valence-electron chi connectivity index (χ3n) is 3.27. The first kappa shape index (κ1) is 19.1. The zero-order valence-electron chi connectivity index (χ0n) is 14.0. The van der Waals surface area contributed by atoms with Crippen LogP contribution in [0.25, 0.3) is 0 Å². The molecule has 0 aliphatic heterocycles. The fraction of sp³-hybridized carbons (Fsp3) is 0.118. The molecule has 0 aromatic heterocycles. The summed E-state index contributed by atoms with van der Waals surface area (Å²) in [5, 5.41) is 14.8. The zero-order valence-corrected chi connectivity index (χ0v) is 14.8. The first-order valence-corrected chi connectivity index (χ1v) is 8.96. The van der Waals surface area contributed by atoms with Crippen LogP contribution in [-0.2, 0) is 10.0 Å². The van der Waals surface area contributed by atoms with Gasteiger partial charge in [-0.3, -0.25) is 10.1 Å². The van der Waals surface area contributed by atoms with Gasteiger partial charge in [-0.1, -0.05) is 36.4 Å². The first-order valence-electron chi connectivity index (χ1n) is 7.48. The number of ether oxygens (including phenoxy) is 1. The van der Waals surface area contributed by atoms with Gasteiger partial charge in [0, 0.05) is 11.6 Å². The number of hydrogen-bond donors (Lipinski definition) is 1. The Hall–Kier alpha value is -3.20. The second-order valence-corrected chi connectivity index (χ2v) is 6.88. The maximum absolute atomic E-state index is 12.2. The predicted octanol–water partition coefficient (Wildman–Crippen LogP) is 2.78. The summed E-state index contributed by atoms with van der Waals surface area (Å²) in [5.41, 5.74) is 0.929. The van der Waals surface area contributed by atoms with E-state index in [-0.39, 0.29) is 28.5 Å². The second-order valence-electron chi connectivity index (χ2n) is 5.22. The summed E-state index contributed by atoms with van der Waals surface area (Å²) in [6.45, 7) is 5.39. The Morgan fingerprint density at radius 2 is 1.96 bits per heavy atom. The minimum atomic E-state index is -3.84. The summed E-state index contributed by atoms with van der Waals surface area (Å²) >= 11 is 0. The van der Waals surface area contributed by atoms with E-state index in [0.29, 0.717) is 0 Å². The first-order chi connectivity index (χ1) is 12.3. The summed E-state index contributed by atoms with van der Waals surface area (Å²) in [4.78, 5) is 12.7. The van der Waals surface area contributed by atoms with E-state index in [9.17, 15) is 18.5 Å². The lowest BCUT2D eigenvalue weighted by Crippen LogP contribution is -2.18. The van der Waals surface area contributed by atoms with Gasteiger partial charge in [-0.2, -0.15) is 13.5 Å². The highest BCUT2D eigenvalue weighted by molar-refractivity contribution is 7.89. The number of para-hydroxylation sites is 1. The molecule has 2 aromatic rings. The number of nitrogens with zero attached hydrogens (tertiary/aromatic N) is 2. The quantitative estimate of drug-likeness (QED) is 0.330. The molecule has 0 saturated heterocycles. The van der Waals surface area contributed by atoms with Gasteiger partial charge in [0.25, 0.3) is 10.0 Å². The lowest BCUT2D eigenvalue weighted by Gasteiger charge is -2.08. The number of sulfonamides is 1. The molecule has 0 bridgehead atoms. The largest absolute Gasteiger partial charge is 0.482 e. The fourth-order valence-corrected chi connectivity index (χ4v) is 2.81. The van der Waals surface area contributed by atoms with Crippen molar-refractivity contribution in [1.29, 1.82) is 0 Å². The fourth-order valence-electron chi connectivity index (χ4n) is 2.02. The molecule has 2 aromatic carbocycles. The molecule has 0 fully saturated rings.